The van der Waals surface area contributed by atoms with Crippen LogP contribution < -0.4 is 9.57 Å². The number of carbonyl (C=O) groups is 2. The number of hydrogen-bond acceptors (Lipinski definition) is 8. The molecule has 1 amide bonds. The summed E-state index contributed by atoms with van der Waals surface area (Å²) < 4.78 is 53.1. The van der Waals surface area contributed by atoms with E-state index in [0.29, 0.717) is 5.75 Å². The summed E-state index contributed by atoms with van der Waals surface area (Å²) in [5.74, 6) is -1.03. The molecule has 2 aliphatic rings. The zero-order chi connectivity index (χ0) is 22.9. The lowest BCUT2D eigenvalue weighted by atomic mass is 10.2. The number of amides is 1. The van der Waals surface area contributed by atoms with Crippen molar-refractivity contribution in [1.29, 1.82) is 0 Å². The molecule has 1 saturated heterocycles. The van der Waals surface area contributed by atoms with Crippen molar-refractivity contribution in [1.82, 2.24) is 10.0 Å². The topological polar surface area (TPSA) is 131 Å². The molecule has 0 spiro atoms. The van der Waals surface area contributed by atoms with E-state index < -0.39 is 34.3 Å². The highest BCUT2D eigenvalue weighted by Crippen LogP contribution is 2.30. The Kier molecular flexibility index (Phi) is 5.82. The van der Waals surface area contributed by atoms with E-state index in [4.69, 9.17) is 14.2 Å². The molecule has 1 aliphatic carbocycles. The summed E-state index contributed by atoms with van der Waals surface area (Å²) in [5.41, 5.74) is 0.756. The second-order valence-corrected chi connectivity index (χ2v) is 8.64. The lowest BCUT2D eigenvalue weighted by Gasteiger charge is -2.17. The van der Waals surface area contributed by atoms with E-state index in [-0.39, 0.29) is 34.5 Å². The summed E-state index contributed by atoms with van der Waals surface area (Å²) in [7, 11) is -4.29. The molecule has 2 aromatic carbocycles. The minimum atomic E-state index is -4.29. The first kappa shape index (κ1) is 21.7. The van der Waals surface area contributed by atoms with Crippen LogP contribution in [0.4, 0.5) is 9.18 Å². The SMILES string of the molecule is O=C1OC2C=C(C(=O)N(O)NS(=O)(=O)c3ccc(OCc4ccc(F)cc4)cc3)CC2O1. The van der Waals surface area contributed by atoms with E-state index in [1.807, 2.05) is 0 Å². The number of halogens is 1. The van der Waals surface area contributed by atoms with Crippen molar-refractivity contribution in [3.05, 3.63) is 71.6 Å². The third kappa shape index (κ3) is 4.72. The zero-order valence-electron chi connectivity index (χ0n) is 16.3. The highest BCUT2D eigenvalue weighted by atomic mass is 32.2. The molecular weight excluding hydrogens is 447 g/mol. The molecule has 168 valence electrons. The van der Waals surface area contributed by atoms with Gasteiger partial charge < -0.3 is 14.2 Å². The third-order valence-corrected chi connectivity index (χ3v) is 6.07. The van der Waals surface area contributed by atoms with Gasteiger partial charge in [-0.25, -0.2) is 17.6 Å². The number of hydroxylamine groups is 1. The van der Waals surface area contributed by atoms with Gasteiger partial charge in [-0.1, -0.05) is 17.0 Å². The van der Waals surface area contributed by atoms with Crippen molar-refractivity contribution in [2.45, 2.75) is 30.1 Å². The summed E-state index contributed by atoms with van der Waals surface area (Å²) in [6.45, 7) is 0.152. The number of hydrogen-bond donors (Lipinski definition) is 2. The molecule has 32 heavy (non-hydrogen) atoms. The van der Waals surface area contributed by atoms with Crippen LogP contribution in [0.3, 0.4) is 0 Å². The first-order chi connectivity index (χ1) is 15.2. The Labute approximate surface area is 181 Å². The predicted molar refractivity (Wildman–Crippen MR) is 104 cm³/mol. The molecule has 0 radical (unpaired) electrons. The maximum atomic E-state index is 12.9. The second-order valence-electron chi connectivity index (χ2n) is 6.98. The lowest BCUT2D eigenvalue weighted by Crippen LogP contribution is -2.44. The minimum absolute atomic E-state index is 0.0197. The molecule has 12 heteroatoms. The van der Waals surface area contributed by atoms with Gasteiger partial charge in [0.2, 0.25) is 0 Å². The van der Waals surface area contributed by atoms with Gasteiger partial charge in [-0.15, -0.1) is 5.17 Å². The summed E-state index contributed by atoms with van der Waals surface area (Å²) >= 11 is 0. The number of fused-ring (bicyclic) bond motifs is 1. The molecule has 10 nitrogen and oxygen atoms in total. The van der Waals surface area contributed by atoms with Crippen molar-refractivity contribution in [2.24, 2.45) is 0 Å². The molecule has 2 atom stereocenters. The molecule has 0 aromatic heterocycles. The van der Waals surface area contributed by atoms with Crippen LogP contribution in [0.2, 0.25) is 0 Å². The summed E-state index contributed by atoms with van der Waals surface area (Å²) in [5, 5.41) is 9.78. The fourth-order valence-electron chi connectivity index (χ4n) is 3.15. The van der Waals surface area contributed by atoms with Gasteiger partial charge in [-0.05, 0) is 48.0 Å². The van der Waals surface area contributed by atoms with E-state index in [0.717, 1.165) is 5.56 Å². The fourth-order valence-corrected chi connectivity index (χ4v) is 4.06. The van der Waals surface area contributed by atoms with Gasteiger partial charge in [0.25, 0.3) is 15.9 Å². The number of ether oxygens (including phenoxy) is 3. The first-order valence-electron chi connectivity index (χ1n) is 9.32. The van der Waals surface area contributed by atoms with Crippen LogP contribution in [-0.4, -0.2) is 43.1 Å². The second kappa shape index (κ2) is 8.57. The highest BCUT2D eigenvalue weighted by molar-refractivity contribution is 7.89. The monoisotopic (exact) mass is 464 g/mol. The zero-order valence-corrected chi connectivity index (χ0v) is 17.1. The number of nitrogens with one attached hydrogen (secondary N) is 1. The average molecular weight is 464 g/mol. The van der Waals surface area contributed by atoms with Crippen LogP contribution in [0.5, 0.6) is 5.75 Å². The van der Waals surface area contributed by atoms with Crippen LogP contribution in [0.15, 0.2) is 65.1 Å². The van der Waals surface area contributed by atoms with Crippen molar-refractivity contribution >= 4 is 22.1 Å². The van der Waals surface area contributed by atoms with Crippen LogP contribution in [-0.2, 0) is 30.9 Å². The minimum Gasteiger partial charge on any atom is -0.489 e. The fraction of sp³-hybridized carbons (Fsp3) is 0.200. The molecule has 1 heterocycles. The number of carbonyl (C=O) groups excluding carboxylic acids is 2. The predicted octanol–water partition coefficient (Wildman–Crippen LogP) is 2.05. The Bertz CT molecular complexity index is 1170. The van der Waals surface area contributed by atoms with Crippen LogP contribution in [0.25, 0.3) is 0 Å². The number of hydrazine groups is 1. The number of rotatable bonds is 7. The Morgan fingerprint density at radius 3 is 2.50 bits per heavy atom. The van der Waals surface area contributed by atoms with Gasteiger partial charge in [0.15, 0.2) is 12.2 Å². The maximum absolute atomic E-state index is 12.9. The van der Waals surface area contributed by atoms with Gasteiger partial charge in [0, 0.05) is 12.0 Å². The summed E-state index contributed by atoms with van der Waals surface area (Å²) in [6.07, 6.45) is -1.02. The van der Waals surface area contributed by atoms with Crippen LogP contribution in [0, 0.1) is 5.82 Å². The van der Waals surface area contributed by atoms with Gasteiger partial charge >= 0.3 is 6.16 Å². The smallest absolute Gasteiger partial charge is 0.489 e. The molecule has 2 aromatic rings. The average Bonchev–Trinajstić information content (AvgIpc) is 3.30. The molecule has 4 rings (SSSR count). The number of sulfonamides is 1. The molecule has 0 bridgehead atoms. The van der Waals surface area contributed by atoms with Crippen LogP contribution in [0.1, 0.15) is 12.0 Å². The van der Waals surface area contributed by atoms with E-state index >= 15 is 0 Å². The van der Waals surface area contributed by atoms with Gasteiger partial charge in [-0.3, -0.25) is 10.0 Å². The largest absolute Gasteiger partial charge is 0.509 e. The molecule has 0 saturated carbocycles. The lowest BCUT2D eigenvalue weighted by molar-refractivity contribution is -0.167. The molecule has 1 aliphatic heterocycles. The van der Waals surface area contributed by atoms with Gasteiger partial charge in [0.1, 0.15) is 18.2 Å². The van der Waals surface area contributed by atoms with Crippen molar-refractivity contribution in [3.8, 4) is 5.75 Å². The third-order valence-electron chi connectivity index (χ3n) is 4.76. The number of benzene rings is 2. The first-order valence-corrected chi connectivity index (χ1v) is 10.8. The molecule has 1 fully saturated rings. The maximum Gasteiger partial charge on any atom is 0.509 e. The van der Waals surface area contributed by atoms with E-state index in [1.54, 1.807) is 17.0 Å². The Balaban J connectivity index is 1.35. The van der Waals surface area contributed by atoms with Crippen molar-refractivity contribution < 1.29 is 41.8 Å². The van der Waals surface area contributed by atoms with Crippen LogP contribution >= 0.6 is 0 Å². The molecular formula is C20H17FN2O8S. The van der Waals surface area contributed by atoms with Crippen molar-refractivity contribution in [2.75, 3.05) is 0 Å². The standard InChI is InChI=1S/C20H17FN2O8S/c21-14-3-1-12(2-4-14)11-29-15-5-7-16(8-6-15)32(27,28)22-23(26)19(24)13-9-17-18(10-13)31-20(25)30-17/h1-9,17-18,22,26H,10-11H2. The summed E-state index contributed by atoms with van der Waals surface area (Å²) in [6, 6.07) is 11.0. The molecule has 2 unspecified atom stereocenters. The van der Waals surface area contributed by atoms with Gasteiger partial charge in [0.05, 0.1) is 4.90 Å². The normalized spacial score (nSPS) is 19.6. The van der Waals surface area contributed by atoms with E-state index in [9.17, 15) is 27.6 Å². The number of nitrogens with zero attached hydrogens (tertiary/aromatic N) is 1. The molecule has 2 N–H and O–H groups in total. The Morgan fingerprint density at radius 2 is 1.84 bits per heavy atom. The quantitative estimate of drug-likeness (QED) is 0.362. The van der Waals surface area contributed by atoms with E-state index in [1.165, 1.54) is 42.5 Å². The van der Waals surface area contributed by atoms with Gasteiger partial charge in [-0.2, -0.15) is 0 Å². The highest BCUT2D eigenvalue weighted by Gasteiger charge is 2.43. The van der Waals surface area contributed by atoms with E-state index in [2.05, 4.69) is 0 Å². The Morgan fingerprint density at radius 1 is 1.16 bits per heavy atom. The summed E-state index contributed by atoms with van der Waals surface area (Å²) in [4.78, 5) is 24.9. The Hall–Kier alpha value is -3.48. The van der Waals surface area contributed by atoms with Crippen molar-refractivity contribution in [3.63, 3.8) is 0 Å².